The van der Waals surface area contributed by atoms with Crippen molar-refractivity contribution in [3.63, 3.8) is 0 Å². The number of aromatic nitrogens is 2. The van der Waals surface area contributed by atoms with Gasteiger partial charge in [0, 0.05) is 31.0 Å². The maximum atomic E-state index is 13.0. The minimum atomic E-state index is -3.70. The van der Waals surface area contributed by atoms with Crippen LogP contribution in [0.4, 0.5) is 5.69 Å². The van der Waals surface area contributed by atoms with Crippen molar-refractivity contribution in [1.82, 2.24) is 13.9 Å². The third kappa shape index (κ3) is 4.44. The number of anilines is 1. The van der Waals surface area contributed by atoms with Gasteiger partial charge in [-0.3, -0.25) is 4.79 Å². The molecule has 0 saturated carbocycles. The van der Waals surface area contributed by atoms with Crippen LogP contribution in [0.15, 0.2) is 41.8 Å². The van der Waals surface area contributed by atoms with E-state index in [1.807, 2.05) is 38.1 Å². The fraction of sp³-hybridized carbons (Fsp3) is 0.500. The third-order valence-corrected chi connectivity index (χ3v) is 6.89. The van der Waals surface area contributed by atoms with Gasteiger partial charge in [0.05, 0.1) is 12.2 Å². The quantitative estimate of drug-likeness (QED) is 0.802. The second-order valence-electron chi connectivity index (χ2n) is 7.50. The molecule has 1 aromatic heterocycles. The van der Waals surface area contributed by atoms with Crippen LogP contribution in [0.1, 0.15) is 45.2 Å². The van der Waals surface area contributed by atoms with Crippen molar-refractivity contribution in [3.05, 3.63) is 42.4 Å². The Morgan fingerprint density at radius 3 is 2.82 bits per heavy atom. The zero-order valence-corrected chi connectivity index (χ0v) is 17.4. The molecule has 1 aliphatic rings. The van der Waals surface area contributed by atoms with Gasteiger partial charge < -0.3 is 9.88 Å². The highest BCUT2D eigenvalue weighted by Gasteiger charge is 2.34. The molecule has 1 N–H and O–H groups in total. The molecule has 0 aliphatic carbocycles. The fourth-order valence-corrected chi connectivity index (χ4v) is 4.80. The molecule has 1 aliphatic heterocycles. The molecule has 1 saturated heterocycles. The van der Waals surface area contributed by atoms with E-state index < -0.39 is 10.0 Å². The molecule has 2 aromatic rings. The Kier molecular flexibility index (Phi) is 6.20. The van der Waals surface area contributed by atoms with E-state index in [1.165, 1.54) is 10.6 Å². The van der Waals surface area contributed by atoms with Gasteiger partial charge in [0.2, 0.25) is 5.91 Å². The number of rotatable bonds is 6. The molecule has 7 nitrogen and oxygen atoms in total. The number of hydrogen-bond acceptors (Lipinski definition) is 4. The highest BCUT2D eigenvalue weighted by atomic mass is 32.2. The smallest absolute Gasteiger partial charge is 0.262 e. The van der Waals surface area contributed by atoms with E-state index in [4.69, 9.17) is 0 Å². The Balaban J connectivity index is 1.71. The summed E-state index contributed by atoms with van der Waals surface area (Å²) in [6, 6.07) is 7.87. The Morgan fingerprint density at radius 1 is 1.36 bits per heavy atom. The van der Waals surface area contributed by atoms with Gasteiger partial charge in [-0.05, 0) is 50.8 Å². The van der Waals surface area contributed by atoms with E-state index in [2.05, 4.69) is 17.2 Å². The lowest BCUT2D eigenvalue weighted by atomic mass is 9.98. The lowest BCUT2D eigenvalue weighted by molar-refractivity contribution is -0.120. The summed E-state index contributed by atoms with van der Waals surface area (Å²) < 4.78 is 29.1. The summed E-state index contributed by atoms with van der Waals surface area (Å²) in [5.74, 6) is -0.512. The molecule has 152 valence electrons. The molecule has 1 amide bonds. The Morgan fingerprint density at radius 2 is 2.14 bits per heavy atom. The molecule has 8 heteroatoms. The summed E-state index contributed by atoms with van der Waals surface area (Å²) in [6.45, 7) is 6.58. The molecule has 1 fully saturated rings. The predicted molar refractivity (Wildman–Crippen MR) is 109 cm³/mol. The number of nitrogens with one attached hydrogen (secondary N) is 1. The van der Waals surface area contributed by atoms with Crippen LogP contribution >= 0.6 is 0 Å². The molecular formula is C20H28N4O3S. The molecule has 1 unspecified atom stereocenters. The third-order valence-electron chi connectivity index (χ3n) is 5.14. The van der Waals surface area contributed by atoms with Gasteiger partial charge in [-0.15, -0.1) is 0 Å². The SMILES string of the molecule is CCc1cccc(NC(=O)C2CCCN(S(=O)(=O)c3cn(C(C)C)cn3)C2)c1. The van der Waals surface area contributed by atoms with E-state index >= 15 is 0 Å². The normalized spacial score (nSPS) is 18.4. The molecule has 28 heavy (non-hydrogen) atoms. The summed E-state index contributed by atoms with van der Waals surface area (Å²) in [4.78, 5) is 16.8. The maximum absolute atomic E-state index is 13.0. The topological polar surface area (TPSA) is 84.3 Å². The van der Waals surface area contributed by atoms with E-state index in [0.717, 1.165) is 17.7 Å². The Labute approximate surface area is 166 Å². The van der Waals surface area contributed by atoms with Crippen molar-refractivity contribution in [2.75, 3.05) is 18.4 Å². The average Bonchev–Trinajstić information content (AvgIpc) is 3.20. The van der Waals surface area contributed by atoms with Gasteiger partial charge in [-0.2, -0.15) is 4.31 Å². The van der Waals surface area contributed by atoms with Crippen LogP contribution < -0.4 is 5.32 Å². The lowest BCUT2D eigenvalue weighted by Crippen LogP contribution is -2.43. The number of sulfonamides is 1. The maximum Gasteiger partial charge on any atom is 0.262 e. The zero-order chi connectivity index (χ0) is 20.3. The van der Waals surface area contributed by atoms with Gasteiger partial charge >= 0.3 is 0 Å². The van der Waals surface area contributed by atoms with Crippen LogP contribution in [0, 0.1) is 5.92 Å². The molecule has 1 atom stereocenters. The van der Waals surface area contributed by atoms with Crippen LogP contribution in [0.5, 0.6) is 0 Å². The second-order valence-corrected chi connectivity index (χ2v) is 9.38. The Hall–Kier alpha value is -2.19. The van der Waals surface area contributed by atoms with Crippen molar-refractivity contribution in [1.29, 1.82) is 0 Å². The minimum absolute atomic E-state index is 0.0397. The van der Waals surface area contributed by atoms with E-state index in [1.54, 1.807) is 10.8 Å². The van der Waals surface area contributed by atoms with Crippen molar-refractivity contribution in [2.24, 2.45) is 5.92 Å². The molecule has 0 radical (unpaired) electrons. The molecule has 2 heterocycles. The van der Waals surface area contributed by atoms with Crippen LogP contribution in [0.3, 0.4) is 0 Å². The first-order chi connectivity index (χ1) is 13.3. The average molecular weight is 405 g/mol. The predicted octanol–water partition coefficient (Wildman–Crippen LogP) is 3.07. The van der Waals surface area contributed by atoms with Crippen molar-refractivity contribution in [3.8, 4) is 0 Å². The van der Waals surface area contributed by atoms with Gasteiger partial charge in [0.1, 0.15) is 0 Å². The summed E-state index contributed by atoms with van der Waals surface area (Å²) in [5, 5.41) is 2.98. The summed E-state index contributed by atoms with van der Waals surface area (Å²) in [7, 11) is -3.70. The first-order valence-electron chi connectivity index (χ1n) is 9.74. The van der Waals surface area contributed by atoms with Crippen LogP contribution in [0.25, 0.3) is 0 Å². The minimum Gasteiger partial charge on any atom is -0.334 e. The van der Waals surface area contributed by atoms with E-state index in [-0.39, 0.29) is 29.4 Å². The van der Waals surface area contributed by atoms with Crippen molar-refractivity contribution in [2.45, 2.75) is 51.1 Å². The molecule has 0 bridgehead atoms. The van der Waals surface area contributed by atoms with Gasteiger partial charge in [0.15, 0.2) is 5.03 Å². The van der Waals surface area contributed by atoms with Crippen molar-refractivity contribution < 1.29 is 13.2 Å². The van der Waals surface area contributed by atoms with Crippen LogP contribution in [-0.2, 0) is 21.2 Å². The largest absolute Gasteiger partial charge is 0.334 e. The standard InChI is InChI=1S/C20H28N4O3S/c1-4-16-7-5-9-18(11-16)22-20(25)17-8-6-10-24(12-17)28(26,27)19-13-23(14-21-19)15(2)3/h5,7,9,11,13-15,17H,4,6,8,10,12H2,1-3H3,(H,22,25). The highest BCUT2D eigenvalue weighted by molar-refractivity contribution is 7.89. The number of imidazole rings is 1. The molecular weight excluding hydrogens is 376 g/mol. The van der Waals surface area contributed by atoms with Crippen LogP contribution in [0.2, 0.25) is 0 Å². The van der Waals surface area contributed by atoms with Gasteiger partial charge in [0.25, 0.3) is 10.0 Å². The summed E-state index contributed by atoms with van der Waals surface area (Å²) in [6.07, 6.45) is 5.30. The van der Waals surface area contributed by atoms with Gasteiger partial charge in [-0.25, -0.2) is 13.4 Å². The number of hydrogen-bond donors (Lipinski definition) is 1. The second kappa shape index (κ2) is 8.45. The van der Waals surface area contributed by atoms with Crippen molar-refractivity contribution >= 4 is 21.6 Å². The highest BCUT2D eigenvalue weighted by Crippen LogP contribution is 2.25. The number of benzene rings is 1. The van der Waals surface area contributed by atoms with E-state index in [0.29, 0.717) is 19.4 Å². The molecule has 1 aromatic carbocycles. The lowest BCUT2D eigenvalue weighted by Gasteiger charge is -2.30. The number of carbonyl (C=O) groups is 1. The Bertz CT molecular complexity index is 936. The summed E-state index contributed by atoms with van der Waals surface area (Å²) >= 11 is 0. The van der Waals surface area contributed by atoms with Gasteiger partial charge in [-0.1, -0.05) is 19.1 Å². The number of piperidine rings is 1. The number of nitrogens with zero attached hydrogens (tertiary/aromatic N) is 3. The zero-order valence-electron chi connectivity index (χ0n) is 16.6. The first-order valence-corrected chi connectivity index (χ1v) is 11.2. The van der Waals surface area contributed by atoms with E-state index in [9.17, 15) is 13.2 Å². The summed E-state index contributed by atoms with van der Waals surface area (Å²) in [5.41, 5.74) is 1.89. The fourth-order valence-electron chi connectivity index (χ4n) is 3.35. The number of amides is 1. The van der Waals surface area contributed by atoms with Crippen LogP contribution in [-0.4, -0.2) is 41.3 Å². The monoisotopic (exact) mass is 404 g/mol. The number of aryl methyl sites for hydroxylation is 1. The molecule has 0 spiro atoms. The number of carbonyl (C=O) groups excluding carboxylic acids is 1. The molecule has 3 rings (SSSR count). The first kappa shape index (κ1) is 20.5.